The Kier molecular flexibility index (Phi) is 6.82. The topological polar surface area (TPSA) is 50.7 Å². The lowest BCUT2D eigenvalue weighted by Gasteiger charge is -2.07. The fourth-order valence-electron chi connectivity index (χ4n) is 2.51. The maximum atomic E-state index is 11.9. The van der Waals surface area contributed by atoms with E-state index in [1.54, 1.807) is 18.3 Å². The van der Waals surface area contributed by atoms with Crippen molar-refractivity contribution in [1.82, 2.24) is 5.43 Å². The fourth-order valence-corrected chi connectivity index (χ4v) is 2.63. The number of ether oxygens (including phenoxy) is 1. The SMILES string of the molecule is Cc1ccc(COc2ccc(/C=N\NC(=O)Cc3ccc(Cl)cc3)cc2)cc1. The molecule has 0 aliphatic rings. The zero-order valence-corrected chi connectivity index (χ0v) is 16.3. The van der Waals surface area contributed by atoms with Gasteiger partial charge >= 0.3 is 0 Å². The molecule has 0 heterocycles. The minimum Gasteiger partial charge on any atom is -0.489 e. The molecule has 0 saturated heterocycles. The van der Waals surface area contributed by atoms with Gasteiger partial charge in [0.25, 0.3) is 0 Å². The van der Waals surface area contributed by atoms with E-state index in [2.05, 4.69) is 41.7 Å². The Morgan fingerprint density at radius 1 is 0.964 bits per heavy atom. The molecule has 1 N–H and O–H groups in total. The highest BCUT2D eigenvalue weighted by Crippen LogP contribution is 2.14. The molecule has 0 fully saturated rings. The monoisotopic (exact) mass is 392 g/mol. The van der Waals surface area contributed by atoms with E-state index in [0.717, 1.165) is 22.4 Å². The van der Waals surface area contributed by atoms with Gasteiger partial charge in [0, 0.05) is 5.02 Å². The van der Waals surface area contributed by atoms with Crippen molar-refractivity contribution < 1.29 is 9.53 Å². The Balaban J connectivity index is 1.45. The van der Waals surface area contributed by atoms with Gasteiger partial charge < -0.3 is 4.74 Å². The molecule has 0 spiro atoms. The smallest absolute Gasteiger partial charge is 0.244 e. The van der Waals surface area contributed by atoms with Crippen LogP contribution in [0.3, 0.4) is 0 Å². The molecule has 0 aromatic heterocycles. The van der Waals surface area contributed by atoms with E-state index >= 15 is 0 Å². The lowest BCUT2D eigenvalue weighted by molar-refractivity contribution is -0.120. The van der Waals surface area contributed by atoms with Gasteiger partial charge in [0.1, 0.15) is 12.4 Å². The summed E-state index contributed by atoms with van der Waals surface area (Å²) in [5, 5.41) is 4.64. The van der Waals surface area contributed by atoms with Crippen LogP contribution in [-0.2, 0) is 17.8 Å². The van der Waals surface area contributed by atoms with Crippen molar-refractivity contribution in [3.05, 3.63) is 100 Å². The fraction of sp³-hybridized carbons (Fsp3) is 0.130. The summed E-state index contributed by atoms with van der Waals surface area (Å²) in [5.74, 6) is 0.598. The minimum atomic E-state index is -0.184. The number of hydrogen-bond donors (Lipinski definition) is 1. The van der Waals surface area contributed by atoms with Crippen LogP contribution in [0.5, 0.6) is 5.75 Å². The van der Waals surface area contributed by atoms with Gasteiger partial charge in [-0.2, -0.15) is 5.10 Å². The number of hydrogen-bond acceptors (Lipinski definition) is 3. The summed E-state index contributed by atoms with van der Waals surface area (Å²) in [6, 6.07) is 23.0. The molecule has 4 nitrogen and oxygen atoms in total. The standard InChI is InChI=1S/C23H21ClN2O2/c1-17-2-4-20(5-3-17)16-28-22-12-8-19(9-13-22)15-25-26-23(27)14-18-6-10-21(24)11-7-18/h2-13,15H,14,16H2,1H3,(H,26,27)/b25-15-. The summed E-state index contributed by atoms with van der Waals surface area (Å²) in [5.41, 5.74) is 6.63. The number of aryl methyl sites for hydroxylation is 1. The lowest BCUT2D eigenvalue weighted by Crippen LogP contribution is -2.19. The Morgan fingerprint density at radius 2 is 1.61 bits per heavy atom. The molecule has 0 atom stereocenters. The van der Waals surface area contributed by atoms with Crippen molar-refractivity contribution in [3.63, 3.8) is 0 Å². The van der Waals surface area contributed by atoms with Gasteiger partial charge in [-0.25, -0.2) is 5.43 Å². The second kappa shape index (κ2) is 9.72. The van der Waals surface area contributed by atoms with E-state index in [0.29, 0.717) is 11.6 Å². The van der Waals surface area contributed by atoms with E-state index < -0.39 is 0 Å². The second-order valence-corrected chi connectivity index (χ2v) is 6.88. The molecule has 3 rings (SSSR count). The van der Waals surface area contributed by atoms with Gasteiger partial charge in [-0.3, -0.25) is 4.79 Å². The number of rotatable bonds is 7. The van der Waals surface area contributed by atoms with Gasteiger partial charge in [-0.1, -0.05) is 53.6 Å². The molecule has 5 heteroatoms. The van der Waals surface area contributed by atoms with Crippen molar-refractivity contribution in [2.24, 2.45) is 5.10 Å². The quantitative estimate of drug-likeness (QED) is 0.458. The van der Waals surface area contributed by atoms with Crippen LogP contribution in [0.15, 0.2) is 77.9 Å². The second-order valence-electron chi connectivity index (χ2n) is 6.44. The van der Waals surface area contributed by atoms with Crippen molar-refractivity contribution in [1.29, 1.82) is 0 Å². The molecule has 0 unspecified atom stereocenters. The molecule has 0 bridgehead atoms. The normalized spacial score (nSPS) is 10.8. The molecule has 3 aromatic carbocycles. The lowest BCUT2D eigenvalue weighted by atomic mass is 10.1. The van der Waals surface area contributed by atoms with Crippen LogP contribution < -0.4 is 10.2 Å². The first-order valence-electron chi connectivity index (χ1n) is 8.93. The third kappa shape index (κ3) is 6.25. The van der Waals surface area contributed by atoms with Gasteiger partial charge in [0.05, 0.1) is 12.6 Å². The Morgan fingerprint density at radius 3 is 2.29 bits per heavy atom. The van der Waals surface area contributed by atoms with Crippen molar-refractivity contribution in [3.8, 4) is 5.75 Å². The maximum absolute atomic E-state index is 11.9. The summed E-state index contributed by atoms with van der Waals surface area (Å²) in [7, 11) is 0. The largest absolute Gasteiger partial charge is 0.489 e. The first-order chi connectivity index (χ1) is 13.6. The number of carbonyl (C=O) groups is 1. The van der Waals surface area contributed by atoms with Crippen LogP contribution in [0.2, 0.25) is 5.02 Å². The van der Waals surface area contributed by atoms with E-state index in [1.165, 1.54) is 5.56 Å². The zero-order valence-electron chi connectivity index (χ0n) is 15.6. The number of nitrogens with zero attached hydrogens (tertiary/aromatic N) is 1. The molecule has 0 radical (unpaired) electrons. The molecule has 0 saturated carbocycles. The highest BCUT2D eigenvalue weighted by molar-refractivity contribution is 6.30. The van der Waals surface area contributed by atoms with Gasteiger partial charge in [0.2, 0.25) is 5.91 Å². The predicted octanol–water partition coefficient (Wildman–Crippen LogP) is 4.92. The number of hydrazone groups is 1. The van der Waals surface area contributed by atoms with Gasteiger partial charge in [0.15, 0.2) is 0 Å². The van der Waals surface area contributed by atoms with Crippen LogP contribution in [-0.4, -0.2) is 12.1 Å². The summed E-state index contributed by atoms with van der Waals surface area (Å²) < 4.78 is 5.78. The maximum Gasteiger partial charge on any atom is 0.244 e. The van der Waals surface area contributed by atoms with E-state index in [1.807, 2.05) is 36.4 Å². The first-order valence-corrected chi connectivity index (χ1v) is 9.31. The minimum absolute atomic E-state index is 0.184. The summed E-state index contributed by atoms with van der Waals surface area (Å²) in [6.45, 7) is 2.58. The van der Waals surface area contributed by atoms with Crippen LogP contribution in [0.1, 0.15) is 22.3 Å². The van der Waals surface area contributed by atoms with Crippen LogP contribution in [0.4, 0.5) is 0 Å². The third-order valence-corrected chi connectivity index (χ3v) is 4.34. The number of nitrogens with one attached hydrogen (secondary N) is 1. The average molecular weight is 393 g/mol. The Bertz CT molecular complexity index is 934. The average Bonchev–Trinajstić information content (AvgIpc) is 2.70. The summed E-state index contributed by atoms with van der Waals surface area (Å²) >= 11 is 5.83. The molecule has 1 amide bonds. The van der Waals surface area contributed by atoms with E-state index in [4.69, 9.17) is 16.3 Å². The summed E-state index contributed by atoms with van der Waals surface area (Å²) in [6.07, 6.45) is 1.85. The van der Waals surface area contributed by atoms with Crippen LogP contribution in [0.25, 0.3) is 0 Å². The van der Waals surface area contributed by atoms with Gasteiger partial charge in [-0.15, -0.1) is 0 Å². The highest BCUT2D eigenvalue weighted by atomic mass is 35.5. The molecule has 3 aromatic rings. The van der Waals surface area contributed by atoms with Crippen molar-refractivity contribution in [2.45, 2.75) is 20.0 Å². The third-order valence-electron chi connectivity index (χ3n) is 4.09. The first kappa shape index (κ1) is 19.6. The number of amides is 1. The molecule has 0 aliphatic carbocycles. The number of halogens is 1. The predicted molar refractivity (Wildman–Crippen MR) is 113 cm³/mol. The Hall–Kier alpha value is -3.11. The number of carbonyl (C=O) groups excluding carboxylic acids is 1. The van der Waals surface area contributed by atoms with E-state index in [9.17, 15) is 4.79 Å². The Labute approximate surface area is 169 Å². The van der Waals surface area contributed by atoms with E-state index in [-0.39, 0.29) is 12.3 Å². The molecular formula is C23H21ClN2O2. The highest BCUT2D eigenvalue weighted by Gasteiger charge is 2.02. The zero-order chi connectivity index (χ0) is 19.8. The van der Waals surface area contributed by atoms with Crippen molar-refractivity contribution in [2.75, 3.05) is 0 Å². The van der Waals surface area contributed by atoms with Crippen molar-refractivity contribution >= 4 is 23.7 Å². The number of benzene rings is 3. The summed E-state index contributed by atoms with van der Waals surface area (Å²) in [4.78, 5) is 11.9. The molecule has 0 aliphatic heterocycles. The van der Waals surface area contributed by atoms with Crippen LogP contribution in [0, 0.1) is 6.92 Å². The van der Waals surface area contributed by atoms with Gasteiger partial charge in [-0.05, 0) is 60.0 Å². The molecule has 28 heavy (non-hydrogen) atoms. The van der Waals surface area contributed by atoms with Crippen LogP contribution >= 0.6 is 11.6 Å². The molecule has 142 valence electrons. The molecular weight excluding hydrogens is 372 g/mol.